The quantitative estimate of drug-likeness (QED) is 0.637. The lowest BCUT2D eigenvalue weighted by molar-refractivity contribution is 1.11. The molecule has 0 unspecified atom stereocenters. The second-order valence-corrected chi connectivity index (χ2v) is 3.05. The van der Waals surface area contributed by atoms with Crippen molar-refractivity contribution in [3.05, 3.63) is 12.0 Å². The summed E-state index contributed by atoms with van der Waals surface area (Å²) in [5.41, 5.74) is 6.46. The van der Waals surface area contributed by atoms with E-state index >= 15 is 0 Å². The van der Waals surface area contributed by atoms with Gasteiger partial charge in [-0.3, -0.25) is 0 Å². The molecule has 0 aliphatic rings. The molecule has 0 aliphatic heterocycles. The van der Waals surface area contributed by atoms with Gasteiger partial charge >= 0.3 is 0 Å². The number of nitrogens with zero attached hydrogens (tertiary/aromatic N) is 1. The van der Waals surface area contributed by atoms with Crippen molar-refractivity contribution in [2.75, 3.05) is 12.3 Å². The Morgan fingerprint density at radius 2 is 2.60 bits per heavy atom. The molecule has 3 N–H and O–H groups in total. The van der Waals surface area contributed by atoms with Gasteiger partial charge in [-0.05, 0) is 6.92 Å². The number of nitrogens with one attached hydrogen (secondary N) is 1. The number of aromatic nitrogens is 2. The van der Waals surface area contributed by atoms with Crippen LogP contribution in [-0.4, -0.2) is 22.3 Å². The van der Waals surface area contributed by atoms with E-state index < -0.39 is 0 Å². The predicted molar refractivity (Wildman–Crippen MR) is 43.1 cm³/mol. The Hall–Kier alpha value is -0.480. The number of aromatic amines is 1. The largest absolute Gasteiger partial charge is 0.348 e. The normalized spacial score (nSPS) is 10.2. The predicted octanol–water partition coefficient (Wildman–Crippen LogP) is 0.769. The minimum Gasteiger partial charge on any atom is -0.348 e. The van der Waals surface area contributed by atoms with Gasteiger partial charge in [-0.15, -0.1) is 11.8 Å². The van der Waals surface area contributed by atoms with Crippen molar-refractivity contribution in [1.82, 2.24) is 9.97 Å². The molecular weight excluding hydrogens is 146 g/mol. The van der Waals surface area contributed by atoms with E-state index in [0.717, 1.165) is 16.5 Å². The molecule has 0 spiro atoms. The molecule has 0 saturated heterocycles. The first-order valence-corrected chi connectivity index (χ1v) is 4.16. The molecule has 1 aromatic heterocycles. The number of rotatable bonds is 3. The Morgan fingerprint density at radius 1 is 1.80 bits per heavy atom. The van der Waals surface area contributed by atoms with Crippen molar-refractivity contribution >= 4 is 11.8 Å². The summed E-state index contributed by atoms with van der Waals surface area (Å²) < 4.78 is 0. The van der Waals surface area contributed by atoms with Crippen LogP contribution in [0.15, 0.2) is 11.4 Å². The molecule has 0 aliphatic carbocycles. The van der Waals surface area contributed by atoms with E-state index in [-0.39, 0.29) is 0 Å². The highest BCUT2D eigenvalue weighted by Gasteiger charge is 1.98. The van der Waals surface area contributed by atoms with Crippen LogP contribution in [0.25, 0.3) is 0 Å². The van der Waals surface area contributed by atoms with Crippen LogP contribution in [0.4, 0.5) is 0 Å². The molecule has 0 saturated carbocycles. The van der Waals surface area contributed by atoms with Crippen molar-refractivity contribution in [2.45, 2.75) is 11.9 Å². The molecule has 0 amide bonds. The van der Waals surface area contributed by atoms with Crippen LogP contribution in [0.1, 0.15) is 5.69 Å². The maximum Gasteiger partial charge on any atom is 0.117 e. The van der Waals surface area contributed by atoms with Crippen LogP contribution in [-0.2, 0) is 0 Å². The van der Waals surface area contributed by atoms with Gasteiger partial charge < -0.3 is 10.7 Å². The van der Waals surface area contributed by atoms with E-state index in [4.69, 9.17) is 5.73 Å². The molecule has 1 heterocycles. The second-order valence-electron chi connectivity index (χ2n) is 1.97. The first kappa shape index (κ1) is 7.63. The number of aryl methyl sites for hydroxylation is 1. The van der Waals surface area contributed by atoms with Crippen molar-refractivity contribution < 1.29 is 0 Å². The first-order chi connectivity index (χ1) is 4.84. The zero-order chi connectivity index (χ0) is 7.40. The summed E-state index contributed by atoms with van der Waals surface area (Å²) in [4.78, 5) is 7.11. The zero-order valence-corrected chi connectivity index (χ0v) is 6.74. The molecule has 56 valence electrons. The zero-order valence-electron chi connectivity index (χ0n) is 5.92. The third kappa shape index (κ3) is 1.75. The van der Waals surface area contributed by atoms with Crippen LogP contribution < -0.4 is 5.73 Å². The standard InChI is InChI=1S/C6H11N3S/c1-5-6(9-4-8-5)10-3-2-7/h4H,2-3,7H2,1H3,(H,8,9). The number of H-pyrrole nitrogens is 1. The van der Waals surface area contributed by atoms with Crippen LogP contribution in [0.3, 0.4) is 0 Å². The fraction of sp³-hybridized carbons (Fsp3) is 0.500. The number of nitrogens with two attached hydrogens (primary N) is 1. The Morgan fingerprint density at radius 3 is 3.10 bits per heavy atom. The van der Waals surface area contributed by atoms with Crippen molar-refractivity contribution in [1.29, 1.82) is 0 Å². The van der Waals surface area contributed by atoms with Crippen LogP contribution in [0.2, 0.25) is 0 Å². The second kappa shape index (κ2) is 3.63. The summed E-state index contributed by atoms with van der Waals surface area (Å²) >= 11 is 1.69. The van der Waals surface area contributed by atoms with E-state index in [0.29, 0.717) is 6.54 Å². The third-order valence-corrected chi connectivity index (χ3v) is 2.27. The Labute approximate surface area is 64.4 Å². The Balaban J connectivity index is 2.49. The average Bonchev–Trinajstić information content (AvgIpc) is 2.31. The highest BCUT2D eigenvalue weighted by Crippen LogP contribution is 2.16. The van der Waals surface area contributed by atoms with Gasteiger partial charge in [-0.2, -0.15) is 0 Å². The lowest BCUT2D eigenvalue weighted by Gasteiger charge is -1.93. The molecular formula is C6H11N3S. The smallest absolute Gasteiger partial charge is 0.117 e. The topological polar surface area (TPSA) is 54.7 Å². The maximum absolute atomic E-state index is 5.34. The molecule has 0 aromatic carbocycles. The average molecular weight is 157 g/mol. The lowest BCUT2D eigenvalue weighted by Crippen LogP contribution is -2.01. The first-order valence-electron chi connectivity index (χ1n) is 3.17. The molecule has 1 aromatic rings. The molecule has 1 rings (SSSR count). The summed E-state index contributed by atoms with van der Waals surface area (Å²) in [6.07, 6.45) is 1.70. The Bertz CT molecular complexity index is 197. The van der Waals surface area contributed by atoms with E-state index in [1.165, 1.54) is 0 Å². The minimum atomic E-state index is 0.705. The molecule has 3 nitrogen and oxygen atoms in total. The highest BCUT2D eigenvalue weighted by molar-refractivity contribution is 7.99. The molecule has 0 bridgehead atoms. The van der Waals surface area contributed by atoms with Crippen molar-refractivity contribution in [3.8, 4) is 0 Å². The van der Waals surface area contributed by atoms with Crippen LogP contribution in [0, 0.1) is 6.92 Å². The fourth-order valence-corrected chi connectivity index (χ4v) is 1.36. The van der Waals surface area contributed by atoms with E-state index in [9.17, 15) is 0 Å². The van der Waals surface area contributed by atoms with Gasteiger partial charge in [-0.25, -0.2) is 4.98 Å². The number of hydrogen-bond donors (Lipinski definition) is 2. The van der Waals surface area contributed by atoms with Gasteiger partial charge in [0.05, 0.1) is 6.33 Å². The molecule has 0 atom stereocenters. The Kier molecular flexibility index (Phi) is 2.77. The van der Waals surface area contributed by atoms with E-state index in [1.807, 2.05) is 6.92 Å². The SMILES string of the molecule is Cc1[nH]cnc1SCCN. The van der Waals surface area contributed by atoms with Gasteiger partial charge in [-0.1, -0.05) is 0 Å². The molecule has 0 radical (unpaired) electrons. The van der Waals surface area contributed by atoms with Gasteiger partial charge in [0.25, 0.3) is 0 Å². The summed E-state index contributed by atoms with van der Waals surface area (Å²) in [5.74, 6) is 0.936. The number of hydrogen-bond acceptors (Lipinski definition) is 3. The summed E-state index contributed by atoms with van der Waals surface area (Å²) in [5, 5.41) is 1.06. The highest BCUT2D eigenvalue weighted by atomic mass is 32.2. The van der Waals surface area contributed by atoms with E-state index in [2.05, 4.69) is 9.97 Å². The van der Waals surface area contributed by atoms with Crippen LogP contribution in [0.5, 0.6) is 0 Å². The summed E-state index contributed by atoms with van der Waals surface area (Å²) in [6.45, 7) is 2.71. The van der Waals surface area contributed by atoms with Crippen molar-refractivity contribution in [3.63, 3.8) is 0 Å². The van der Waals surface area contributed by atoms with Crippen molar-refractivity contribution in [2.24, 2.45) is 5.73 Å². The van der Waals surface area contributed by atoms with Gasteiger partial charge in [0, 0.05) is 18.0 Å². The lowest BCUT2D eigenvalue weighted by atomic mass is 10.6. The minimum absolute atomic E-state index is 0.705. The number of imidazole rings is 1. The van der Waals surface area contributed by atoms with E-state index in [1.54, 1.807) is 18.1 Å². The molecule has 4 heteroatoms. The monoisotopic (exact) mass is 157 g/mol. The van der Waals surface area contributed by atoms with Gasteiger partial charge in [0.1, 0.15) is 5.03 Å². The van der Waals surface area contributed by atoms with Gasteiger partial charge in [0.2, 0.25) is 0 Å². The number of thioether (sulfide) groups is 1. The summed E-state index contributed by atoms with van der Waals surface area (Å²) in [7, 11) is 0. The molecule has 10 heavy (non-hydrogen) atoms. The van der Waals surface area contributed by atoms with Crippen LogP contribution >= 0.6 is 11.8 Å². The van der Waals surface area contributed by atoms with Gasteiger partial charge in [0.15, 0.2) is 0 Å². The summed E-state index contributed by atoms with van der Waals surface area (Å²) in [6, 6.07) is 0. The third-order valence-electron chi connectivity index (χ3n) is 1.14. The molecule has 0 fully saturated rings. The maximum atomic E-state index is 5.34. The fourth-order valence-electron chi connectivity index (χ4n) is 0.647.